The fraction of sp³-hybridized carbons (Fsp3) is 0.320. The molecule has 0 radical (unpaired) electrons. The lowest BCUT2D eigenvalue weighted by molar-refractivity contribution is 0.0944. The van der Waals surface area contributed by atoms with E-state index in [9.17, 15) is 9.59 Å². The summed E-state index contributed by atoms with van der Waals surface area (Å²) in [7, 11) is 1.62. The highest BCUT2D eigenvalue weighted by molar-refractivity contribution is 7.23. The molecule has 2 aromatic heterocycles. The van der Waals surface area contributed by atoms with Crippen LogP contribution in [-0.4, -0.2) is 34.2 Å². The number of imidazole rings is 1. The van der Waals surface area contributed by atoms with E-state index in [4.69, 9.17) is 10.7 Å². The zero-order valence-electron chi connectivity index (χ0n) is 18.0. The number of aromatic nitrogens is 2. The van der Waals surface area contributed by atoms with Crippen LogP contribution in [0.3, 0.4) is 0 Å². The van der Waals surface area contributed by atoms with E-state index in [-0.39, 0.29) is 17.7 Å². The lowest BCUT2D eigenvalue weighted by atomic mass is 9.82. The van der Waals surface area contributed by atoms with E-state index in [0.29, 0.717) is 17.9 Å². The number of nitrogens with zero attached hydrogens (tertiary/aromatic N) is 2. The van der Waals surface area contributed by atoms with Crippen molar-refractivity contribution < 1.29 is 9.59 Å². The van der Waals surface area contributed by atoms with Crippen LogP contribution in [0.15, 0.2) is 48.7 Å². The van der Waals surface area contributed by atoms with Crippen LogP contribution in [0.1, 0.15) is 52.8 Å². The third-order valence-corrected chi connectivity index (χ3v) is 7.40. The molecule has 164 valence electrons. The lowest BCUT2D eigenvalue weighted by Crippen LogP contribution is -2.28. The first kappa shape index (κ1) is 20.8. The fourth-order valence-corrected chi connectivity index (χ4v) is 5.70. The van der Waals surface area contributed by atoms with Crippen LogP contribution in [0, 0.1) is 5.92 Å². The predicted molar refractivity (Wildman–Crippen MR) is 128 cm³/mol. The lowest BCUT2D eigenvalue weighted by Gasteiger charge is -2.25. The van der Waals surface area contributed by atoms with Crippen molar-refractivity contribution >= 4 is 38.2 Å². The van der Waals surface area contributed by atoms with Gasteiger partial charge in [-0.25, -0.2) is 4.98 Å². The van der Waals surface area contributed by atoms with Gasteiger partial charge in [0.1, 0.15) is 0 Å². The van der Waals surface area contributed by atoms with Crippen molar-refractivity contribution in [2.24, 2.45) is 11.7 Å². The first-order chi connectivity index (χ1) is 15.5. The van der Waals surface area contributed by atoms with Crippen LogP contribution in [0.2, 0.25) is 0 Å². The first-order valence-electron chi connectivity index (χ1n) is 11.0. The smallest absolute Gasteiger partial charge is 0.251 e. The Labute approximate surface area is 190 Å². The standard InChI is InChI=1S/C25H26N4O2S/c1-27-24(31)17-7-5-16(6-8-17)20-14-29-21-10-9-18(13-23(21)32-25(29)28-20)22(30)12-15-3-2-4-19(26)11-15/h5-10,13-15,19H,2-4,11-12,26H2,1H3,(H,27,31). The summed E-state index contributed by atoms with van der Waals surface area (Å²) in [5.41, 5.74) is 10.3. The Balaban J connectivity index is 1.38. The van der Waals surface area contributed by atoms with Crippen molar-refractivity contribution in [1.29, 1.82) is 0 Å². The number of hydrogen-bond acceptors (Lipinski definition) is 5. The largest absolute Gasteiger partial charge is 0.355 e. The molecule has 2 atom stereocenters. The Morgan fingerprint density at radius 3 is 2.69 bits per heavy atom. The fourth-order valence-electron chi connectivity index (χ4n) is 4.65. The molecule has 1 aliphatic carbocycles. The predicted octanol–water partition coefficient (Wildman–Crippen LogP) is 4.67. The number of ketones is 1. The molecule has 1 amide bonds. The minimum atomic E-state index is -0.106. The number of nitrogens with one attached hydrogen (secondary N) is 1. The normalized spacial score (nSPS) is 18.8. The molecular weight excluding hydrogens is 420 g/mol. The van der Waals surface area contributed by atoms with Crippen LogP contribution < -0.4 is 11.1 Å². The molecule has 2 heterocycles. The Morgan fingerprint density at radius 2 is 1.94 bits per heavy atom. The van der Waals surface area contributed by atoms with Gasteiger partial charge in [-0.3, -0.25) is 14.0 Å². The molecule has 6 nitrogen and oxygen atoms in total. The summed E-state index contributed by atoms with van der Waals surface area (Å²) in [6.45, 7) is 0. The van der Waals surface area contributed by atoms with Gasteiger partial charge in [-0.2, -0.15) is 0 Å². The number of nitrogens with two attached hydrogens (primary N) is 1. The number of fused-ring (bicyclic) bond motifs is 3. The summed E-state index contributed by atoms with van der Waals surface area (Å²) >= 11 is 1.58. The molecule has 2 aromatic carbocycles. The molecule has 0 saturated heterocycles. The molecule has 1 fully saturated rings. The topological polar surface area (TPSA) is 89.5 Å². The first-order valence-corrected chi connectivity index (χ1v) is 11.9. The molecule has 3 N–H and O–H groups in total. The highest BCUT2D eigenvalue weighted by Gasteiger charge is 2.22. The van der Waals surface area contributed by atoms with E-state index < -0.39 is 0 Å². The highest BCUT2D eigenvalue weighted by Crippen LogP contribution is 2.32. The van der Waals surface area contributed by atoms with Crippen molar-refractivity contribution in [2.45, 2.75) is 38.1 Å². The van der Waals surface area contributed by atoms with Gasteiger partial charge < -0.3 is 11.1 Å². The molecule has 1 saturated carbocycles. The maximum Gasteiger partial charge on any atom is 0.251 e. The molecule has 7 heteroatoms. The molecule has 0 aliphatic heterocycles. The summed E-state index contributed by atoms with van der Waals surface area (Å²) in [4.78, 5) is 30.3. The van der Waals surface area contributed by atoms with Crippen molar-refractivity contribution in [3.63, 3.8) is 0 Å². The van der Waals surface area contributed by atoms with Gasteiger partial charge in [0.15, 0.2) is 10.7 Å². The van der Waals surface area contributed by atoms with E-state index in [0.717, 1.165) is 57.7 Å². The maximum absolute atomic E-state index is 12.9. The molecule has 32 heavy (non-hydrogen) atoms. The number of thiazole rings is 1. The van der Waals surface area contributed by atoms with E-state index >= 15 is 0 Å². The Bertz CT molecular complexity index is 1300. The summed E-state index contributed by atoms with van der Waals surface area (Å²) in [6.07, 6.45) is 6.84. The summed E-state index contributed by atoms with van der Waals surface area (Å²) in [6, 6.07) is 13.6. The zero-order valence-corrected chi connectivity index (χ0v) is 18.8. The third-order valence-electron chi connectivity index (χ3n) is 6.38. The molecule has 2 unspecified atom stereocenters. The molecular formula is C25H26N4O2S. The number of carbonyl (C=O) groups is 2. The quantitative estimate of drug-likeness (QED) is 0.436. The van der Waals surface area contributed by atoms with E-state index in [2.05, 4.69) is 9.72 Å². The van der Waals surface area contributed by atoms with Gasteiger partial charge in [-0.1, -0.05) is 29.9 Å². The molecule has 0 bridgehead atoms. The van der Waals surface area contributed by atoms with E-state index in [1.807, 2.05) is 36.5 Å². The van der Waals surface area contributed by atoms with Gasteiger partial charge >= 0.3 is 0 Å². The van der Waals surface area contributed by atoms with Crippen LogP contribution in [0.5, 0.6) is 0 Å². The highest BCUT2D eigenvalue weighted by atomic mass is 32.1. The number of rotatable bonds is 5. The number of hydrogen-bond donors (Lipinski definition) is 2. The van der Waals surface area contributed by atoms with E-state index in [1.54, 1.807) is 30.5 Å². The van der Waals surface area contributed by atoms with Gasteiger partial charge in [0.25, 0.3) is 5.91 Å². The van der Waals surface area contributed by atoms with Crippen molar-refractivity contribution in [2.75, 3.05) is 7.05 Å². The third kappa shape index (κ3) is 3.94. The van der Waals surface area contributed by atoms with Crippen LogP contribution in [0.25, 0.3) is 26.4 Å². The number of carbonyl (C=O) groups excluding carboxylic acids is 2. The van der Waals surface area contributed by atoms with Crippen molar-refractivity contribution in [3.8, 4) is 11.3 Å². The average Bonchev–Trinajstić information content (AvgIpc) is 3.36. The van der Waals surface area contributed by atoms with Gasteiger partial charge in [0.05, 0.1) is 15.9 Å². The molecule has 1 aliphatic rings. The van der Waals surface area contributed by atoms with Gasteiger partial charge in [0.2, 0.25) is 0 Å². The van der Waals surface area contributed by atoms with Crippen molar-refractivity contribution in [1.82, 2.24) is 14.7 Å². The number of amides is 1. The van der Waals surface area contributed by atoms with Gasteiger partial charge in [0, 0.05) is 42.4 Å². The monoisotopic (exact) mass is 446 g/mol. The van der Waals surface area contributed by atoms with Crippen molar-refractivity contribution in [3.05, 3.63) is 59.8 Å². The van der Waals surface area contributed by atoms with E-state index in [1.165, 1.54) is 0 Å². The maximum atomic E-state index is 12.9. The molecule has 5 rings (SSSR count). The van der Waals surface area contributed by atoms with Crippen LogP contribution in [-0.2, 0) is 0 Å². The summed E-state index contributed by atoms with van der Waals surface area (Å²) in [5, 5.41) is 2.63. The van der Waals surface area contributed by atoms with Crippen LogP contribution in [0.4, 0.5) is 0 Å². The van der Waals surface area contributed by atoms with Crippen LogP contribution >= 0.6 is 11.3 Å². The zero-order chi connectivity index (χ0) is 22.2. The second-order valence-electron chi connectivity index (χ2n) is 8.64. The SMILES string of the molecule is CNC(=O)c1ccc(-c2cn3c(n2)sc2cc(C(=O)CC4CCCC(N)C4)ccc23)cc1. The number of benzene rings is 2. The molecule has 4 aromatic rings. The molecule has 0 spiro atoms. The Morgan fingerprint density at radius 1 is 1.16 bits per heavy atom. The minimum absolute atomic E-state index is 0.106. The Kier molecular flexibility index (Phi) is 5.53. The number of Topliss-reactive ketones (excluding diaryl/α,β-unsaturated/α-hetero) is 1. The summed E-state index contributed by atoms with van der Waals surface area (Å²) < 4.78 is 3.12. The van der Waals surface area contributed by atoms with Gasteiger partial charge in [-0.05, 0) is 55.5 Å². The second-order valence-corrected chi connectivity index (χ2v) is 9.65. The van der Waals surface area contributed by atoms with Gasteiger partial charge in [-0.15, -0.1) is 0 Å². The Hall–Kier alpha value is -3.03. The second kappa shape index (κ2) is 8.48. The summed E-state index contributed by atoms with van der Waals surface area (Å²) in [5.74, 6) is 0.499. The average molecular weight is 447 g/mol. The minimum Gasteiger partial charge on any atom is -0.355 e.